The van der Waals surface area contributed by atoms with E-state index in [1.54, 1.807) is 30.0 Å². The smallest absolute Gasteiger partial charge is 0.222 e. The molecule has 6 nitrogen and oxygen atoms in total. The molecule has 1 amide bonds. The highest BCUT2D eigenvalue weighted by molar-refractivity contribution is 5.75. The quantitative estimate of drug-likeness (QED) is 0.679. The molecule has 6 heteroatoms. The van der Waals surface area contributed by atoms with Gasteiger partial charge in [-0.25, -0.2) is 4.98 Å². The molecule has 0 aliphatic heterocycles. The molecule has 0 aliphatic carbocycles. The summed E-state index contributed by atoms with van der Waals surface area (Å²) in [5.41, 5.74) is 0. The van der Waals surface area contributed by atoms with Gasteiger partial charge in [0.15, 0.2) is 5.82 Å². The molecule has 90 valence electrons. The van der Waals surface area contributed by atoms with Gasteiger partial charge >= 0.3 is 0 Å². The molecular weight excluding hydrogens is 206 g/mol. The predicted molar refractivity (Wildman–Crippen MR) is 60.6 cm³/mol. The lowest BCUT2D eigenvalue weighted by atomic mass is 10.3. The molecule has 1 heterocycles. The van der Waals surface area contributed by atoms with Crippen LogP contribution in [0.3, 0.4) is 0 Å². The van der Waals surface area contributed by atoms with Crippen LogP contribution in [0, 0.1) is 0 Å². The Bertz CT molecular complexity index is 334. The van der Waals surface area contributed by atoms with Crippen molar-refractivity contribution in [1.29, 1.82) is 0 Å². The number of carbonyl (C=O) groups excluding carboxylic acids is 1. The van der Waals surface area contributed by atoms with Gasteiger partial charge in [0, 0.05) is 27.6 Å². The standard InChI is InChI=1S/C10H19N5O/c1-14(2)10(16)5-4-6-11-7-9-12-8-15(3)13-9/h8,11H,4-7H2,1-3H3. The second-order valence-electron chi connectivity index (χ2n) is 3.90. The average molecular weight is 225 g/mol. The molecule has 0 unspecified atom stereocenters. The van der Waals surface area contributed by atoms with Crippen LogP contribution < -0.4 is 5.32 Å². The van der Waals surface area contributed by atoms with Crippen LogP contribution >= 0.6 is 0 Å². The lowest BCUT2D eigenvalue weighted by Gasteiger charge is -2.09. The maximum Gasteiger partial charge on any atom is 0.222 e. The summed E-state index contributed by atoms with van der Waals surface area (Å²) in [7, 11) is 5.38. The molecule has 0 aliphatic rings. The van der Waals surface area contributed by atoms with Crippen LogP contribution in [0.5, 0.6) is 0 Å². The summed E-state index contributed by atoms with van der Waals surface area (Å²) in [6.45, 7) is 1.45. The second kappa shape index (κ2) is 6.22. The lowest BCUT2D eigenvalue weighted by molar-refractivity contribution is -0.128. The third-order valence-electron chi connectivity index (χ3n) is 2.17. The van der Waals surface area contributed by atoms with Crippen molar-refractivity contribution in [2.45, 2.75) is 19.4 Å². The van der Waals surface area contributed by atoms with Crippen LogP contribution in [0.2, 0.25) is 0 Å². The molecule has 0 atom stereocenters. The fraction of sp³-hybridized carbons (Fsp3) is 0.700. The maximum absolute atomic E-state index is 11.2. The van der Waals surface area contributed by atoms with Crippen molar-refractivity contribution in [1.82, 2.24) is 25.0 Å². The second-order valence-corrected chi connectivity index (χ2v) is 3.90. The SMILES string of the molecule is CN(C)C(=O)CCCNCc1ncn(C)n1. The normalized spacial score (nSPS) is 10.4. The van der Waals surface area contributed by atoms with E-state index in [4.69, 9.17) is 0 Å². The molecule has 1 aromatic heterocycles. The van der Waals surface area contributed by atoms with Crippen LogP contribution in [-0.2, 0) is 18.4 Å². The molecule has 16 heavy (non-hydrogen) atoms. The van der Waals surface area contributed by atoms with E-state index in [9.17, 15) is 4.79 Å². The Hall–Kier alpha value is -1.43. The molecular formula is C10H19N5O. The lowest BCUT2D eigenvalue weighted by Crippen LogP contribution is -2.23. The van der Waals surface area contributed by atoms with Gasteiger partial charge in [0.05, 0.1) is 6.54 Å². The number of carbonyl (C=O) groups is 1. The number of aryl methyl sites for hydroxylation is 1. The average Bonchev–Trinajstić information content (AvgIpc) is 2.63. The maximum atomic E-state index is 11.2. The molecule has 0 saturated carbocycles. The minimum atomic E-state index is 0.165. The number of aromatic nitrogens is 3. The first-order valence-electron chi connectivity index (χ1n) is 5.35. The molecule has 0 bridgehead atoms. The van der Waals surface area contributed by atoms with E-state index in [0.29, 0.717) is 13.0 Å². The molecule has 0 spiro atoms. The summed E-state index contributed by atoms with van der Waals surface area (Å²) in [6, 6.07) is 0. The highest BCUT2D eigenvalue weighted by atomic mass is 16.2. The van der Waals surface area contributed by atoms with Gasteiger partial charge in [0.25, 0.3) is 0 Å². The van der Waals surface area contributed by atoms with Crippen LogP contribution in [0.4, 0.5) is 0 Å². The monoisotopic (exact) mass is 225 g/mol. The zero-order valence-electron chi connectivity index (χ0n) is 10.1. The summed E-state index contributed by atoms with van der Waals surface area (Å²) in [5, 5.41) is 7.34. The number of rotatable bonds is 6. The van der Waals surface area contributed by atoms with Crippen molar-refractivity contribution >= 4 is 5.91 Å². The summed E-state index contributed by atoms with van der Waals surface area (Å²) >= 11 is 0. The fourth-order valence-electron chi connectivity index (χ4n) is 1.25. The fourth-order valence-corrected chi connectivity index (χ4v) is 1.25. The first kappa shape index (κ1) is 12.6. The largest absolute Gasteiger partial charge is 0.349 e. The summed E-state index contributed by atoms with van der Waals surface area (Å²) in [5.74, 6) is 0.944. The van der Waals surface area contributed by atoms with Gasteiger partial charge in [-0.3, -0.25) is 9.48 Å². The highest BCUT2D eigenvalue weighted by Crippen LogP contribution is 1.93. The molecule has 0 aromatic carbocycles. The van der Waals surface area contributed by atoms with E-state index in [1.807, 2.05) is 7.05 Å². The predicted octanol–water partition coefficient (Wildman–Crippen LogP) is -0.227. The van der Waals surface area contributed by atoms with Gasteiger partial charge in [-0.1, -0.05) is 0 Å². The Kier molecular flexibility index (Phi) is 4.91. The Labute approximate surface area is 95.6 Å². The van der Waals surface area contributed by atoms with Crippen LogP contribution in [0.1, 0.15) is 18.7 Å². The minimum absolute atomic E-state index is 0.165. The topological polar surface area (TPSA) is 63.1 Å². The van der Waals surface area contributed by atoms with E-state index in [-0.39, 0.29) is 5.91 Å². The van der Waals surface area contributed by atoms with Gasteiger partial charge < -0.3 is 10.2 Å². The van der Waals surface area contributed by atoms with Gasteiger partial charge in [0.2, 0.25) is 5.91 Å². The third-order valence-corrected chi connectivity index (χ3v) is 2.17. The van der Waals surface area contributed by atoms with Gasteiger partial charge in [0.1, 0.15) is 6.33 Å². The van der Waals surface area contributed by atoms with Crippen LogP contribution in [0.15, 0.2) is 6.33 Å². The molecule has 0 saturated heterocycles. The van der Waals surface area contributed by atoms with E-state index in [2.05, 4.69) is 15.4 Å². The Morgan fingerprint density at radius 1 is 1.56 bits per heavy atom. The molecule has 1 rings (SSSR count). The van der Waals surface area contributed by atoms with Crippen molar-refractivity contribution in [2.75, 3.05) is 20.6 Å². The van der Waals surface area contributed by atoms with Crippen LogP contribution in [-0.4, -0.2) is 46.2 Å². The molecule has 1 N–H and O–H groups in total. The number of hydrogen-bond acceptors (Lipinski definition) is 4. The zero-order valence-corrected chi connectivity index (χ0v) is 10.1. The molecule has 1 aromatic rings. The first-order chi connectivity index (χ1) is 7.59. The van der Waals surface area contributed by atoms with Crippen molar-refractivity contribution in [2.24, 2.45) is 7.05 Å². The number of hydrogen-bond donors (Lipinski definition) is 1. The van der Waals surface area contributed by atoms with Crippen molar-refractivity contribution in [3.8, 4) is 0 Å². The third kappa shape index (κ3) is 4.39. The Morgan fingerprint density at radius 2 is 2.31 bits per heavy atom. The Morgan fingerprint density at radius 3 is 2.88 bits per heavy atom. The highest BCUT2D eigenvalue weighted by Gasteiger charge is 2.03. The Balaban J connectivity index is 2.06. The molecule has 0 fully saturated rings. The number of nitrogens with zero attached hydrogens (tertiary/aromatic N) is 4. The van der Waals surface area contributed by atoms with Gasteiger partial charge in [-0.2, -0.15) is 5.10 Å². The zero-order chi connectivity index (χ0) is 12.0. The van der Waals surface area contributed by atoms with Gasteiger partial charge in [-0.05, 0) is 13.0 Å². The summed E-state index contributed by atoms with van der Waals surface area (Å²) in [4.78, 5) is 17.0. The van der Waals surface area contributed by atoms with Crippen molar-refractivity contribution in [3.05, 3.63) is 12.2 Å². The summed E-state index contributed by atoms with van der Waals surface area (Å²) < 4.78 is 1.67. The van der Waals surface area contributed by atoms with E-state index < -0.39 is 0 Å². The van der Waals surface area contributed by atoms with E-state index in [1.165, 1.54) is 0 Å². The van der Waals surface area contributed by atoms with Crippen molar-refractivity contribution < 1.29 is 4.79 Å². The number of amides is 1. The van der Waals surface area contributed by atoms with Crippen LogP contribution in [0.25, 0.3) is 0 Å². The van der Waals surface area contributed by atoms with E-state index in [0.717, 1.165) is 18.8 Å². The van der Waals surface area contributed by atoms with E-state index >= 15 is 0 Å². The summed E-state index contributed by atoms with van der Waals surface area (Å²) in [6.07, 6.45) is 3.09. The first-order valence-corrected chi connectivity index (χ1v) is 5.35. The molecule has 0 radical (unpaired) electrons. The minimum Gasteiger partial charge on any atom is -0.349 e. The van der Waals surface area contributed by atoms with Crippen molar-refractivity contribution in [3.63, 3.8) is 0 Å². The number of nitrogens with one attached hydrogen (secondary N) is 1. The van der Waals surface area contributed by atoms with Gasteiger partial charge in [-0.15, -0.1) is 0 Å².